The van der Waals surface area contributed by atoms with Crippen LogP contribution in [0.1, 0.15) is 37.9 Å². The van der Waals surface area contributed by atoms with Crippen LogP contribution in [0.5, 0.6) is 0 Å². The Hall–Kier alpha value is -1.30. The normalized spacial score (nSPS) is 22.2. The lowest BCUT2D eigenvalue weighted by Gasteiger charge is -2.17. The predicted molar refractivity (Wildman–Crippen MR) is 71.0 cm³/mol. The Labute approximate surface area is 113 Å². The maximum Gasteiger partial charge on any atom is 0.239 e. The molecule has 2 atom stereocenters. The van der Waals surface area contributed by atoms with Crippen molar-refractivity contribution >= 4 is 15.9 Å². The molecule has 6 heteroatoms. The summed E-state index contributed by atoms with van der Waals surface area (Å²) in [7, 11) is -2.11. The second kappa shape index (κ2) is 5.36. The number of unbranched alkanes of at least 4 members (excludes halogenated alkanes) is 1. The van der Waals surface area contributed by atoms with E-state index in [0.717, 1.165) is 16.5 Å². The molecule has 0 radical (unpaired) electrons. The molecular formula is C13H19NO4S. The predicted octanol–water partition coefficient (Wildman–Crippen LogP) is 1.97. The molecule has 0 N–H and O–H groups in total. The van der Waals surface area contributed by atoms with Crippen molar-refractivity contribution in [3.05, 3.63) is 24.2 Å². The van der Waals surface area contributed by atoms with Crippen LogP contribution in [0.15, 0.2) is 22.8 Å². The Kier molecular flexibility index (Phi) is 3.99. The number of hydrogen-bond donors (Lipinski definition) is 0. The highest BCUT2D eigenvalue weighted by Gasteiger charge is 2.48. The number of amides is 1. The molecule has 1 aromatic heterocycles. The van der Waals surface area contributed by atoms with E-state index < -0.39 is 10.0 Å². The van der Waals surface area contributed by atoms with Gasteiger partial charge in [0.1, 0.15) is 5.76 Å². The van der Waals surface area contributed by atoms with Crippen LogP contribution < -0.4 is 0 Å². The fraction of sp³-hybridized carbons (Fsp3) is 0.615. The van der Waals surface area contributed by atoms with Crippen LogP contribution >= 0.6 is 0 Å². The van der Waals surface area contributed by atoms with Gasteiger partial charge in [-0.3, -0.25) is 4.79 Å². The highest BCUT2D eigenvalue weighted by molar-refractivity contribution is 7.89. The molecule has 106 valence electrons. The van der Waals surface area contributed by atoms with Crippen LogP contribution in [0.25, 0.3) is 0 Å². The molecule has 1 fully saturated rings. The van der Waals surface area contributed by atoms with E-state index >= 15 is 0 Å². The number of nitrogens with zero attached hydrogens (tertiary/aromatic N) is 1. The van der Waals surface area contributed by atoms with E-state index in [1.807, 2.05) is 13.0 Å². The zero-order chi connectivity index (χ0) is 14.0. The zero-order valence-corrected chi connectivity index (χ0v) is 12.0. The minimum atomic E-state index is -3.47. The molecule has 19 heavy (non-hydrogen) atoms. The molecule has 1 aliphatic rings. The summed E-state index contributed by atoms with van der Waals surface area (Å²) >= 11 is 0. The van der Waals surface area contributed by atoms with E-state index in [-0.39, 0.29) is 23.5 Å². The largest absolute Gasteiger partial charge is 0.469 e. The lowest BCUT2D eigenvalue weighted by molar-refractivity contribution is -0.127. The smallest absolute Gasteiger partial charge is 0.239 e. The summed E-state index contributed by atoms with van der Waals surface area (Å²) in [6.07, 6.45) is 3.60. The molecule has 0 aliphatic heterocycles. The summed E-state index contributed by atoms with van der Waals surface area (Å²) < 4.78 is 30.0. The number of carbonyl (C=O) groups excluding carboxylic acids is 1. The van der Waals surface area contributed by atoms with Crippen LogP contribution in [0.2, 0.25) is 0 Å². The van der Waals surface area contributed by atoms with Gasteiger partial charge in [0.15, 0.2) is 0 Å². The first-order chi connectivity index (χ1) is 8.97. The highest BCUT2D eigenvalue weighted by Crippen LogP contribution is 2.48. The van der Waals surface area contributed by atoms with Crippen molar-refractivity contribution < 1.29 is 17.6 Å². The summed E-state index contributed by atoms with van der Waals surface area (Å²) in [6, 6.07) is 3.60. The SMILES string of the molecule is CCCCS(=O)(=O)N(C)C(=O)C1CC1c1ccco1. The molecule has 2 unspecified atom stereocenters. The van der Waals surface area contributed by atoms with Crippen LogP contribution in [-0.4, -0.2) is 31.4 Å². The van der Waals surface area contributed by atoms with Gasteiger partial charge in [-0.1, -0.05) is 13.3 Å². The lowest BCUT2D eigenvalue weighted by atomic mass is 10.2. The van der Waals surface area contributed by atoms with Gasteiger partial charge in [-0.2, -0.15) is 0 Å². The second-order valence-electron chi connectivity index (χ2n) is 4.94. The standard InChI is InChI=1S/C13H19NO4S/c1-3-4-8-19(16,17)14(2)13(15)11-9-10(11)12-6-5-7-18-12/h5-7,10-11H,3-4,8-9H2,1-2H3. The summed E-state index contributed by atoms with van der Waals surface area (Å²) in [6.45, 7) is 1.92. The third-order valence-electron chi connectivity index (χ3n) is 3.50. The summed E-state index contributed by atoms with van der Waals surface area (Å²) in [5.74, 6) is 0.248. The van der Waals surface area contributed by atoms with Gasteiger partial charge in [0.05, 0.1) is 12.0 Å². The molecule has 1 saturated carbocycles. The van der Waals surface area contributed by atoms with E-state index in [9.17, 15) is 13.2 Å². The molecule has 1 aliphatic carbocycles. The number of sulfonamides is 1. The van der Waals surface area contributed by atoms with Gasteiger partial charge in [-0.15, -0.1) is 0 Å². The van der Waals surface area contributed by atoms with Crippen molar-refractivity contribution in [3.8, 4) is 0 Å². The van der Waals surface area contributed by atoms with E-state index in [1.165, 1.54) is 7.05 Å². The molecule has 0 bridgehead atoms. The van der Waals surface area contributed by atoms with Crippen molar-refractivity contribution in [2.24, 2.45) is 5.92 Å². The third-order valence-corrected chi connectivity index (χ3v) is 5.32. The lowest BCUT2D eigenvalue weighted by Crippen LogP contribution is -2.36. The fourth-order valence-electron chi connectivity index (χ4n) is 2.12. The first-order valence-electron chi connectivity index (χ1n) is 6.51. The summed E-state index contributed by atoms with van der Waals surface area (Å²) in [4.78, 5) is 12.1. The van der Waals surface area contributed by atoms with E-state index in [1.54, 1.807) is 12.3 Å². The number of carbonyl (C=O) groups is 1. The van der Waals surface area contributed by atoms with Crippen LogP contribution in [0.4, 0.5) is 0 Å². The molecule has 0 aromatic carbocycles. The minimum absolute atomic E-state index is 0.0316. The number of rotatable bonds is 6. The highest BCUT2D eigenvalue weighted by atomic mass is 32.2. The number of furan rings is 1. The van der Waals surface area contributed by atoms with Crippen LogP contribution in [0.3, 0.4) is 0 Å². The van der Waals surface area contributed by atoms with E-state index in [0.29, 0.717) is 12.8 Å². The van der Waals surface area contributed by atoms with Crippen molar-refractivity contribution in [2.75, 3.05) is 12.8 Å². The molecule has 0 spiro atoms. The molecule has 1 aromatic rings. The first-order valence-corrected chi connectivity index (χ1v) is 8.12. The van der Waals surface area contributed by atoms with Gasteiger partial charge >= 0.3 is 0 Å². The van der Waals surface area contributed by atoms with Gasteiger partial charge in [-0.25, -0.2) is 12.7 Å². The van der Waals surface area contributed by atoms with E-state index in [4.69, 9.17) is 4.42 Å². The molecule has 0 saturated heterocycles. The Balaban J connectivity index is 1.98. The Bertz CT molecular complexity index is 535. The summed E-state index contributed by atoms with van der Waals surface area (Å²) in [5.41, 5.74) is 0. The Morgan fingerprint density at radius 1 is 1.53 bits per heavy atom. The molecule has 2 rings (SSSR count). The van der Waals surface area contributed by atoms with Gasteiger partial charge in [0, 0.05) is 18.9 Å². The van der Waals surface area contributed by atoms with Crippen molar-refractivity contribution in [1.29, 1.82) is 0 Å². The van der Waals surface area contributed by atoms with Crippen molar-refractivity contribution in [2.45, 2.75) is 32.1 Å². The first kappa shape index (κ1) is 14.1. The van der Waals surface area contributed by atoms with Gasteiger partial charge in [0.25, 0.3) is 0 Å². The molecule has 1 amide bonds. The molecular weight excluding hydrogens is 266 g/mol. The topological polar surface area (TPSA) is 67.6 Å². The monoisotopic (exact) mass is 285 g/mol. The Morgan fingerprint density at radius 3 is 2.84 bits per heavy atom. The Morgan fingerprint density at radius 2 is 2.26 bits per heavy atom. The van der Waals surface area contributed by atoms with Crippen molar-refractivity contribution in [3.63, 3.8) is 0 Å². The average Bonchev–Trinajstić information content (AvgIpc) is 3.00. The summed E-state index contributed by atoms with van der Waals surface area (Å²) in [5, 5.41) is 0. The maximum absolute atomic E-state index is 12.1. The van der Waals surface area contributed by atoms with Crippen molar-refractivity contribution in [1.82, 2.24) is 4.31 Å². The zero-order valence-electron chi connectivity index (χ0n) is 11.2. The van der Waals surface area contributed by atoms with Gasteiger partial charge in [-0.05, 0) is 25.0 Å². The quantitative estimate of drug-likeness (QED) is 0.801. The van der Waals surface area contributed by atoms with E-state index in [2.05, 4.69) is 0 Å². The molecule has 5 nitrogen and oxygen atoms in total. The molecule has 1 heterocycles. The van der Waals surface area contributed by atoms with Gasteiger partial charge < -0.3 is 4.42 Å². The van der Waals surface area contributed by atoms with Gasteiger partial charge in [0.2, 0.25) is 15.9 Å². The van der Waals surface area contributed by atoms with Crippen LogP contribution in [0, 0.1) is 5.92 Å². The second-order valence-corrected chi connectivity index (χ2v) is 7.06. The maximum atomic E-state index is 12.1. The minimum Gasteiger partial charge on any atom is -0.469 e. The van der Waals surface area contributed by atoms with Crippen LogP contribution in [-0.2, 0) is 14.8 Å². The fourth-order valence-corrected chi connectivity index (χ4v) is 3.46. The average molecular weight is 285 g/mol. The third kappa shape index (κ3) is 3.00. The number of hydrogen-bond acceptors (Lipinski definition) is 4.